The second-order valence-electron chi connectivity index (χ2n) is 3.13. The second-order valence-corrected chi connectivity index (χ2v) is 4.92. The molecule has 0 aliphatic carbocycles. The van der Waals surface area contributed by atoms with Gasteiger partial charge in [-0.1, -0.05) is 0 Å². The molecule has 2 N–H and O–H groups in total. The Balaban J connectivity index is 2.53. The molecule has 1 aliphatic heterocycles. The van der Waals surface area contributed by atoms with Crippen LogP contribution in [-0.4, -0.2) is 32.7 Å². The van der Waals surface area contributed by atoms with Crippen LogP contribution in [0.15, 0.2) is 0 Å². The number of hydrogen-bond donors (Lipinski definition) is 1. The standard InChI is InChI=1S/C7H13NO4S/c8-13(10,11)7(5-9)4-6-2-1-3-12-6/h5-7H,1-4H2,(H2,8,10,11)/t6-,7?/m1/s1. The molecule has 0 aromatic heterocycles. The van der Waals surface area contributed by atoms with Crippen molar-refractivity contribution in [3.8, 4) is 0 Å². The monoisotopic (exact) mass is 207 g/mol. The molecule has 1 saturated heterocycles. The third kappa shape index (κ3) is 3.06. The van der Waals surface area contributed by atoms with Crippen LogP contribution in [0, 0.1) is 0 Å². The number of aldehydes is 1. The molecule has 0 saturated carbocycles. The van der Waals surface area contributed by atoms with E-state index in [2.05, 4.69) is 0 Å². The Morgan fingerprint density at radius 3 is 2.69 bits per heavy atom. The number of carbonyl (C=O) groups excluding carboxylic acids is 1. The van der Waals surface area contributed by atoms with E-state index in [-0.39, 0.29) is 12.5 Å². The average molecular weight is 207 g/mol. The maximum atomic E-state index is 10.8. The number of hydrogen-bond acceptors (Lipinski definition) is 4. The molecule has 1 rings (SSSR count). The molecule has 1 fully saturated rings. The number of ether oxygens (including phenoxy) is 1. The maximum Gasteiger partial charge on any atom is 0.218 e. The summed E-state index contributed by atoms with van der Waals surface area (Å²) in [6, 6.07) is 0. The summed E-state index contributed by atoms with van der Waals surface area (Å²) >= 11 is 0. The highest BCUT2D eigenvalue weighted by molar-refractivity contribution is 7.90. The topological polar surface area (TPSA) is 86.5 Å². The SMILES string of the molecule is NS(=O)(=O)C(C=O)C[C@H]1CCCO1. The third-order valence-corrected chi connectivity index (χ3v) is 3.24. The molecule has 0 bridgehead atoms. The zero-order valence-electron chi connectivity index (χ0n) is 7.18. The molecule has 5 nitrogen and oxygen atoms in total. The van der Waals surface area contributed by atoms with Crippen LogP contribution >= 0.6 is 0 Å². The maximum absolute atomic E-state index is 10.8. The van der Waals surface area contributed by atoms with Crippen LogP contribution in [0.2, 0.25) is 0 Å². The molecule has 6 heteroatoms. The van der Waals surface area contributed by atoms with Crippen LogP contribution in [0.3, 0.4) is 0 Å². The molecular formula is C7H13NO4S. The van der Waals surface area contributed by atoms with Crippen molar-refractivity contribution in [3.05, 3.63) is 0 Å². The largest absolute Gasteiger partial charge is 0.378 e. The summed E-state index contributed by atoms with van der Waals surface area (Å²) in [7, 11) is -3.75. The van der Waals surface area contributed by atoms with Crippen molar-refractivity contribution in [2.24, 2.45) is 5.14 Å². The minimum Gasteiger partial charge on any atom is -0.378 e. The molecule has 76 valence electrons. The summed E-state index contributed by atoms with van der Waals surface area (Å²) in [5, 5.41) is 3.74. The van der Waals surface area contributed by atoms with Crippen LogP contribution in [0.5, 0.6) is 0 Å². The number of primary sulfonamides is 1. The van der Waals surface area contributed by atoms with E-state index in [0.717, 1.165) is 12.8 Å². The Morgan fingerprint density at radius 1 is 1.62 bits per heavy atom. The predicted molar refractivity (Wildman–Crippen MR) is 46.6 cm³/mol. The lowest BCUT2D eigenvalue weighted by Gasteiger charge is -2.12. The zero-order valence-corrected chi connectivity index (χ0v) is 8.00. The highest BCUT2D eigenvalue weighted by Crippen LogP contribution is 2.18. The molecule has 13 heavy (non-hydrogen) atoms. The average Bonchev–Trinajstić information content (AvgIpc) is 2.49. The van der Waals surface area contributed by atoms with Gasteiger partial charge in [0.2, 0.25) is 10.0 Å². The van der Waals surface area contributed by atoms with Gasteiger partial charge in [-0.15, -0.1) is 0 Å². The Morgan fingerprint density at radius 2 is 2.31 bits per heavy atom. The number of sulfonamides is 1. The summed E-state index contributed by atoms with van der Waals surface area (Å²) in [4.78, 5) is 10.4. The van der Waals surface area contributed by atoms with E-state index in [1.54, 1.807) is 0 Å². The molecule has 0 spiro atoms. The van der Waals surface area contributed by atoms with Crippen LogP contribution < -0.4 is 5.14 Å². The van der Waals surface area contributed by atoms with E-state index in [0.29, 0.717) is 12.9 Å². The number of carbonyl (C=O) groups is 1. The van der Waals surface area contributed by atoms with Crippen molar-refractivity contribution < 1.29 is 17.9 Å². The molecule has 0 aromatic carbocycles. The van der Waals surface area contributed by atoms with Crippen molar-refractivity contribution in [2.75, 3.05) is 6.61 Å². The van der Waals surface area contributed by atoms with Crippen molar-refractivity contribution in [3.63, 3.8) is 0 Å². The van der Waals surface area contributed by atoms with E-state index >= 15 is 0 Å². The first-order valence-electron chi connectivity index (χ1n) is 4.12. The van der Waals surface area contributed by atoms with E-state index in [9.17, 15) is 13.2 Å². The van der Waals surface area contributed by atoms with E-state index in [1.165, 1.54) is 0 Å². The highest BCUT2D eigenvalue weighted by atomic mass is 32.2. The van der Waals surface area contributed by atoms with Crippen LogP contribution in [0.1, 0.15) is 19.3 Å². The van der Waals surface area contributed by atoms with Gasteiger partial charge in [0.1, 0.15) is 11.5 Å². The number of rotatable bonds is 4. The van der Waals surface area contributed by atoms with Gasteiger partial charge in [-0.3, -0.25) is 0 Å². The molecule has 0 aromatic rings. The Labute approximate surface area is 77.3 Å². The molecule has 1 aliphatic rings. The lowest BCUT2D eigenvalue weighted by Crippen LogP contribution is -2.33. The van der Waals surface area contributed by atoms with Crippen LogP contribution in [0.25, 0.3) is 0 Å². The zero-order chi connectivity index (χ0) is 9.90. The van der Waals surface area contributed by atoms with Gasteiger partial charge < -0.3 is 9.53 Å². The van der Waals surface area contributed by atoms with E-state index < -0.39 is 15.3 Å². The summed E-state index contributed by atoms with van der Waals surface area (Å²) < 4.78 is 26.9. The summed E-state index contributed by atoms with van der Waals surface area (Å²) in [6.07, 6.45) is 2.15. The first kappa shape index (κ1) is 10.6. The van der Waals surface area contributed by atoms with Gasteiger partial charge in [0.05, 0.1) is 6.10 Å². The fourth-order valence-electron chi connectivity index (χ4n) is 1.36. The van der Waals surface area contributed by atoms with E-state index in [1.807, 2.05) is 0 Å². The molecule has 2 atom stereocenters. The highest BCUT2D eigenvalue weighted by Gasteiger charge is 2.27. The van der Waals surface area contributed by atoms with Gasteiger partial charge in [0, 0.05) is 6.61 Å². The molecular weight excluding hydrogens is 194 g/mol. The van der Waals surface area contributed by atoms with Gasteiger partial charge in [-0.05, 0) is 19.3 Å². The fourth-order valence-corrected chi connectivity index (χ4v) is 1.99. The van der Waals surface area contributed by atoms with Crippen molar-refractivity contribution in [1.29, 1.82) is 0 Å². The molecule has 0 radical (unpaired) electrons. The minimum absolute atomic E-state index is 0.131. The van der Waals surface area contributed by atoms with Crippen molar-refractivity contribution in [1.82, 2.24) is 0 Å². The third-order valence-electron chi connectivity index (χ3n) is 2.09. The van der Waals surface area contributed by atoms with Gasteiger partial charge in [-0.2, -0.15) is 0 Å². The van der Waals surface area contributed by atoms with Crippen molar-refractivity contribution >= 4 is 16.3 Å². The lowest BCUT2D eigenvalue weighted by atomic mass is 10.1. The fraction of sp³-hybridized carbons (Fsp3) is 0.857. The van der Waals surface area contributed by atoms with E-state index in [4.69, 9.17) is 9.88 Å². The Kier molecular flexibility index (Phi) is 3.40. The normalized spacial score (nSPS) is 25.8. The van der Waals surface area contributed by atoms with Gasteiger partial charge in [-0.25, -0.2) is 13.6 Å². The molecule has 1 heterocycles. The predicted octanol–water partition coefficient (Wildman–Crippen LogP) is -0.589. The van der Waals surface area contributed by atoms with Crippen molar-refractivity contribution in [2.45, 2.75) is 30.6 Å². The molecule has 0 amide bonds. The quantitative estimate of drug-likeness (QED) is 0.624. The molecule has 1 unspecified atom stereocenters. The van der Waals surface area contributed by atoms with Gasteiger partial charge in [0.25, 0.3) is 0 Å². The first-order valence-corrected chi connectivity index (χ1v) is 5.73. The summed E-state index contributed by atoms with van der Waals surface area (Å²) in [5.74, 6) is 0. The first-order chi connectivity index (χ1) is 6.04. The second kappa shape index (κ2) is 4.17. The Bertz CT molecular complexity index is 268. The lowest BCUT2D eigenvalue weighted by molar-refractivity contribution is -0.108. The smallest absolute Gasteiger partial charge is 0.218 e. The van der Waals surface area contributed by atoms with Crippen LogP contribution in [-0.2, 0) is 19.6 Å². The summed E-state index contributed by atoms with van der Waals surface area (Å²) in [5.41, 5.74) is 0. The summed E-state index contributed by atoms with van der Waals surface area (Å²) in [6.45, 7) is 0.640. The van der Waals surface area contributed by atoms with Gasteiger partial charge >= 0.3 is 0 Å². The Hall–Kier alpha value is -0.460. The van der Waals surface area contributed by atoms with Gasteiger partial charge in [0.15, 0.2) is 0 Å². The van der Waals surface area contributed by atoms with Crippen LogP contribution in [0.4, 0.5) is 0 Å². The number of nitrogens with two attached hydrogens (primary N) is 1. The minimum atomic E-state index is -3.75.